The van der Waals surface area contributed by atoms with Gasteiger partial charge in [-0.2, -0.15) is 5.10 Å². The van der Waals surface area contributed by atoms with Crippen LogP contribution in [-0.2, 0) is 6.54 Å². The van der Waals surface area contributed by atoms with Gasteiger partial charge in [-0.15, -0.1) is 0 Å². The predicted molar refractivity (Wildman–Crippen MR) is 85.1 cm³/mol. The van der Waals surface area contributed by atoms with Gasteiger partial charge in [-0.3, -0.25) is 14.5 Å². The highest BCUT2D eigenvalue weighted by molar-refractivity contribution is 5.00. The maximum atomic E-state index is 5.76. The average Bonchev–Trinajstić information content (AvgIpc) is 3.18. The zero-order valence-electron chi connectivity index (χ0n) is 13.2. The van der Waals surface area contributed by atoms with Crippen LogP contribution >= 0.6 is 0 Å². The van der Waals surface area contributed by atoms with Crippen molar-refractivity contribution < 1.29 is 0 Å². The van der Waals surface area contributed by atoms with Crippen LogP contribution in [0.1, 0.15) is 44.3 Å². The van der Waals surface area contributed by atoms with Crippen molar-refractivity contribution in [2.75, 3.05) is 32.7 Å². The van der Waals surface area contributed by atoms with Crippen molar-refractivity contribution in [2.24, 2.45) is 5.73 Å². The molecule has 0 bridgehead atoms. The fourth-order valence-electron chi connectivity index (χ4n) is 3.57. The van der Waals surface area contributed by atoms with Crippen molar-refractivity contribution in [2.45, 2.75) is 51.2 Å². The summed E-state index contributed by atoms with van der Waals surface area (Å²) in [6.07, 6.45) is 7.51. The molecule has 2 heterocycles. The van der Waals surface area contributed by atoms with Gasteiger partial charge in [0, 0.05) is 51.5 Å². The van der Waals surface area contributed by atoms with Crippen LogP contribution in [0, 0.1) is 0 Å². The van der Waals surface area contributed by atoms with Crippen molar-refractivity contribution in [1.82, 2.24) is 19.6 Å². The minimum atomic E-state index is 0.508. The molecular formula is C16H29N5. The lowest BCUT2D eigenvalue weighted by Gasteiger charge is -2.37. The highest BCUT2D eigenvalue weighted by Crippen LogP contribution is 2.28. The number of rotatable bonds is 5. The first-order chi connectivity index (χ1) is 10.3. The van der Waals surface area contributed by atoms with E-state index in [0.717, 1.165) is 39.3 Å². The van der Waals surface area contributed by atoms with Crippen LogP contribution in [0.4, 0.5) is 0 Å². The van der Waals surface area contributed by atoms with Gasteiger partial charge in [0.15, 0.2) is 0 Å². The van der Waals surface area contributed by atoms with E-state index in [1.807, 2.05) is 0 Å². The van der Waals surface area contributed by atoms with Gasteiger partial charge >= 0.3 is 0 Å². The standard InChI is InChI=1S/C16H29N5/c1-14(12-17)20-10-8-19(9-11-20)13-15-6-7-21(18-15)16-4-2-3-5-16/h6-7,14,16H,2-5,8-13,17H2,1H3. The van der Waals surface area contributed by atoms with Crippen LogP contribution in [0.2, 0.25) is 0 Å². The number of nitrogens with two attached hydrogens (primary N) is 1. The van der Waals surface area contributed by atoms with Gasteiger partial charge < -0.3 is 5.73 Å². The number of hydrogen-bond acceptors (Lipinski definition) is 4. The molecule has 0 aromatic carbocycles. The molecular weight excluding hydrogens is 262 g/mol. The maximum Gasteiger partial charge on any atom is 0.0764 e. The fraction of sp³-hybridized carbons (Fsp3) is 0.812. The van der Waals surface area contributed by atoms with Gasteiger partial charge in [0.1, 0.15) is 0 Å². The Labute approximate surface area is 128 Å². The Morgan fingerprint density at radius 1 is 1.24 bits per heavy atom. The largest absolute Gasteiger partial charge is 0.329 e. The molecule has 5 nitrogen and oxygen atoms in total. The van der Waals surface area contributed by atoms with E-state index >= 15 is 0 Å². The van der Waals surface area contributed by atoms with Crippen molar-refractivity contribution >= 4 is 0 Å². The molecule has 2 N–H and O–H groups in total. The number of hydrogen-bond donors (Lipinski definition) is 1. The first-order valence-corrected chi connectivity index (χ1v) is 8.47. The first-order valence-electron chi connectivity index (χ1n) is 8.47. The van der Waals surface area contributed by atoms with Crippen molar-refractivity contribution in [3.05, 3.63) is 18.0 Å². The Kier molecular flexibility index (Phi) is 4.93. The molecule has 21 heavy (non-hydrogen) atoms. The Morgan fingerprint density at radius 2 is 1.95 bits per heavy atom. The predicted octanol–water partition coefficient (Wildman–Crippen LogP) is 1.46. The highest BCUT2D eigenvalue weighted by Gasteiger charge is 2.21. The van der Waals surface area contributed by atoms with Gasteiger partial charge in [-0.1, -0.05) is 12.8 Å². The summed E-state index contributed by atoms with van der Waals surface area (Å²) in [5.74, 6) is 0. The van der Waals surface area contributed by atoms with Gasteiger partial charge in [0.25, 0.3) is 0 Å². The molecule has 118 valence electrons. The molecule has 1 aromatic heterocycles. The molecule has 3 rings (SSSR count). The zero-order valence-corrected chi connectivity index (χ0v) is 13.2. The molecule has 2 aliphatic rings. The van der Waals surface area contributed by atoms with Gasteiger partial charge in [-0.05, 0) is 25.8 Å². The van der Waals surface area contributed by atoms with Gasteiger partial charge in [-0.25, -0.2) is 0 Å². The van der Waals surface area contributed by atoms with Crippen molar-refractivity contribution in [1.29, 1.82) is 0 Å². The van der Waals surface area contributed by atoms with E-state index in [2.05, 4.69) is 33.7 Å². The Bertz CT molecular complexity index is 430. The second kappa shape index (κ2) is 6.90. The minimum Gasteiger partial charge on any atom is -0.329 e. The molecule has 0 spiro atoms. The lowest BCUT2D eigenvalue weighted by atomic mass is 10.2. The van der Waals surface area contributed by atoms with E-state index in [-0.39, 0.29) is 0 Å². The Balaban J connectivity index is 1.49. The van der Waals surface area contributed by atoms with E-state index in [1.54, 1.807) is 0 Å². The molecule has 0 radical (unpaired) electrons. The molecule has 1 aromatic rings. The smallest absolute Gasteiger partial charge is 0.0764 e. The molecule has 1 saturated carbocycles. The summed E-state index contributed by atoms with van der Waals surface area (Å²) in [6.45, 7) is 8.47. The third-order valence-corrected chi connectivity index (χ3v) is 5.12. The van der Waals surface area contributed by atoms with Gasteiger partial charge in [0.05, 0.1) is 11.7 Å². The molecule has 2 fully saturated rings. The summed E-state index contributed by atoms with van der Waals surface area (Å²) >= 11 is 0. The van der Waals surface area contributed by atoms with E-state index in [0.29, 0.717) is 12.1 Å². The van der Waals surface area contributed by atoms with E-state index in [9.17, 15) is 0 Å². The SMILES string of the molecule is CC(CN)N1CCN(Cc2ccn(C3CCCC3)n2)CC1. The third kappa shape index (κ3) is 3.65. The first kappa shape index (κ1) is 15.0. The maximum absolute atomic E-state index is 5.76. The summed E-state index contributed by atoms with van der Waals surface area (Å²) in [4.78, 5) is 5.01. The number of nitrogens with zero attached hydrogens (tertiary/aromatic N) is 4. The summed E-state index contributed by atoms with van der Waals surface area (Å²) < 4.78 is 2.20. The summed E-state index contributed by atoms with van der Waals surface area (Å²) in [5, 5.41) is 4.80. The van der Waals surface area contributed by atoms with Crippen molar-refractivity contribution in [3.63, 3.8) is 0 Å². The minimum absolute atomic E-state index is 0.508. The van der Waals surface area contributed by atoms with Crippen LogP contribution in [-0.4, -0.2) is 58.3 Å². The van der Waals surface area contributed by atoms with Crippen LogP contribution in [0.3, 0.4) is 0 Å². The molecule has 1 atom stereocenters. The van der Waals surface area contributed by atoms with E-state index < -0.39 is 0 Å². The normalized spacial score (nSPS) is 23.7. The Hall–Kier alpha value is -0.910. The lowest BCUT2D eigenvalue weighted by Crippen LogP contribution is -2.51. The summed E-state index contributed by atoms with van der Waals surface area (Å²) in [7, 11) is 0. The van der Waals surface area contributed by atoms with Crippen molar-refractivity contribution in [3.8, 4) is 0 Å². The van der Waals surface area contributed by atoms with E-state index in [4.69, 9.17) is 10.8 Å². The quantitative estimate of drug-likeness (QED) is 0.892. The van der Waals surface area contributed by atoms with Crippen LogP contribution in [0.15, 0.2) is 12.3 Å². The highest BCUT2D eigenvalue weighted by atomic mass is 15.3. The second-order valence-corrected chi connectivity index (χ2v) is 6.62. The molecule has 1 aliphatic heterocycles. The van der Waals surface area contributed by atoms with Crippen LogP contribution in [0.25, 0.3) is 0 Å². The third-order valence-electron chi connectivity index (χ3n) is 5.12. The van der Waals surface area contributed by atoms with Gasteiger partial charge in [0.2, 0.25) is 0 Å². The number of piperazine rings is 1. The molecule has 1 unspecified atom stereocenters. The molecule has 1 saturated heterocycles. The monoisotopic (exact) mass is 291 g/mol. The topological polar surface area (TPSA) is 50.3 Å². The van der Waals surface area contributed by atoms with E-state index in [1.165, 1.54) is 31.4 Å². The second-order valence-electron chi connectivity index (χ2n) is 6.62. The van der Waals surface area contributed by atoms with Crippen LogP contribution < -0.4 is 5.73 Å². The Morgan fingerprint density at radius 3 is 2.62 bits per heavy atom. The average molecular weight is 291 g/mol. The number of aromatic nitrogens is 2. The fourth-order valence-corrected chi connectivity index (χ4v) is 3.57. The summed E-state index contributed by atoms with van der Waals surface area (Å²) in [6, 6.07) is 3.36. The molecule has 1 aliphatic carbocycles. The molecule has 5 heteroatoms. The molecule has 0 amide bonds. The zero-order chi connectivity index (χ0) is 14.7. The summed E-state index contributed by atoms with van der Waals surface area (Å²) in [5.41, 5.74) is 6.98. The van der Waals surface area contributed by atoms with Crippen LogP contribution in [0.5, 0.6) is 0 Å². The lowest BCUT2D eigenvalue weighted by molar-refractivity contribution is 0.0995.